The quantitative estimate of drug-likeness (QED) is 0.587. The van der Waals surface area contributed by atoms with Gasteiger partial charge >= 0.3 is 0 Å². The third-order valence-electron chi connectivity index (χ3n) is 3.85. The van der Waals surface area contributed by atoms with Gasteiger partial charge in [0.15, 0.2) is 0 Å². The third-order valence-corrected chi connectivity index (χ3v) is 4.85. The summed E-state index contributed by atoms with van der Waals surface area (Å²) in [7, 11) is 1.83. The summed E-state index contributed by atoms with van der Waals surface area (Å²) in [5.41, 5.74) is 2.37. The Morgan fingerprint density at radius 3 is 2.78 bits per heavy atom. The van der Waals surface area contributed by atoms with Gasteiger partial charge in [-0.3, -0.25) is 14.6 Å². The van der Waals surface area contributed by atoms with Crippen LogP contribution < -0.4 is 15.2 Å². The molecule has 1 amide bonds. The van der Waals surface area contributed by atoms with Gasteiger partial charge in [-0.15, -0.1) is 5.10 Å². The molecule has 0 spiro atoms. The van der Waals surface area contributed by atoms with Crippen LogP contribution in [0.15, 0.2) is 59.6 Å². The molecule has 27 heavy (non-hydrogen) atoms. The number of halogens is 1. The summed E-state index contributed by atoms with van der Waals surface area (Å²) >= 11 is 7.21. The molecule has 0 saturated carbocycles. The first kappa shape index (κ1) is 19.3. The van der Waals surface area contributed by atoms with E-state index in [1.165, 1.54) is 0 Å². The average molecular weight is 403 g/mol. The first-order chi connectivity index (χ1) is 13.0. The second-order valence-electron chi connectivity index (χ2n) is 5.87. The van der Waals surface area contributed by atoms with Crippen LogP contribution in [0.3, 0.4) is 0 Å². The van der Waals surface area contributed by atoms with Crippen molar-refractivity contribution in [1.82, 2.24) is 9.78 Å². The summed E-state index contributed by atoms with van der Waals surface area (Å²) in [4.78, 5) is 13.1. The second-order valence-corrected chi connectivity index (χ2v) is 6.96. The molecule has 0 saturated heterocycles. The van der Waals surface area contributed by atoms with E-state index >= 15 is 0 Å². The lowest BCUT2D eigenvalue weighted by Gasteiger charge is -2.11. The topological polar surface area (TPSA) is 82.2 Å². The molecule has 1 aromatic heterocycles. The van der Waals surface area contributed by atoms with Gasteiger partial charge in [-0.2, -0.15) is 0 Å². The highest BCUT2D eigenvalue weighted by Crippen LogP contribution is 2.24. The Balaban J connectivity index is 1.64. The van der Waals surface area contributed by atoms with Gasteiger partial charge < -0.3 is 10.1 Å². The number of carbonyl (C=O) groups excluding carboxylic acids is 1. The number of rotatable bonds is 7. The molecule has 0 bridgehead atoms. The molecule has 2 aromatic carbocycles. The summed E-state index contributed by atoms with van der Waals surface area (Å²) in [6.07, 6.45) is 2.01. The second kappa shape index (κ2) is 8.94. The van der Waals surface area contributed by atoms with Crippen LogP contribution in [0.1, 0.15) is 11.1 Å². The third kappa shape index (κ3) is 5.26. The van der Waals surface area contributed by atoms with Crippen LogP contribution in [0.5, 0.6) is 5.88 Å². The summed E-state index contributed by atoms with van der Waals surface area (Å²) in [6, 6.07) is 14.6. The van der Waals surface area contributed by atoms with Crippen molar-refractivity contribution in [3.63, 3.8) is 0 Å². The predicted octanol–water partition coefficient (Wildman–Crippen LogP) is 3.80. The van der Waals surface area contributed by atoms with E-state index in [9.17, 15) is 4.79 Å². The van der Waals surface area contributed by atoms with Crippen LogP contribution in [-0.4, -0.2) is 15.7 Å². The van der Waals surface area contributed by atoms with Crippen molar-refractivity contribution in [1.29, 1.82) is 0 Å². The normalized spacial score (nSPS) is 10.6. The maximum Gasteiger partial charge on any atom is 0.233 e. The number of amides is 1. The molecule has 6 nitrogen and oxygen atoms in total. The van der Waals surface area contributed by atoms with E-state index in [1.54, 1.807) is 16.8 Å². The van der Waals surface area contributed by atoms with Crippen molar-refractivity contribution in [2.75, 3.05) is 5.32 Å². The number of hydrogen-bond acceptors (Lipinski definition) is 5. The molecule has 0 unspecified atom stereocenters. The molecule has 0 atom stereocenters. The van der Waals surface area contributed by atoms with Crippen LogP contribution >= 0.6 is 23.5 Å². The number of nitrogens with zero attached hydrogens (tertiary/aromatic N) is 2. The van der Waals surface area contributed by atoms with Gasteiger partial charge in [0.25, 0.3) is 0 Å². The lowest BCUT2D eigenvalue weighted by molar-refractivity contribution is -0.115. The Morgan fingerprint density at radius 1 is 1.26 bits per heavy atom. The van der Waals surface area contributed by atoms with Gasteiger partial charge in [-0.25, -0.2) is 0 Å². The van der Waals surface area contributed by atoms with Gasteiger partial charge in [0.05, 0.1) is 6.42 Å². The monoisotopic (exact) mass is 402 g/mol. The molecular weight excluding hydrogens is 384 g/mol. The zero-order valence-electron chi connectivity index (χ0n) is 14.7. The molecule has 3 N–H and O–H groups in total. The first-order valence-corrected chi connectivity index (χ1v) is 9.46. The smallest absolute Gasteiger partial charge is 0.233 e. The zero-order chi connectivity index (χ0) is 19.2. The largest absolute Gasteiger partial charge is 0.472 e. The number of nitrogens with two attached hydrogens (primary N) is 1. The lowest BCUT2D eigenvalue weighted by Crippen LogP contribution is -2.15. The SMILES string of the molecule is Cn1ccc(OCc2ccc(NC(=O)Cc3ccccc3Cl)cc2SN)n1. The maximum absolute atomic E-state index is 12.3. The summed E-state index contributed by atoms with van der Waals surface area (Å²) in [5.74, 6) is 0.399. The molecule has 0 radical (unpaired) electrons. The Bertz CT molecular complexity index is 945. The van der Waals surface area contributed by atoms with Gasteiger partial charge in [0.1, 0.15) is 6.61 Å². The molecular formula is C19H19ClN4O2S. The fourth-order valence-corrected chi connectivity index (χ4v) is 3.18. The number of hydrogen-bond donors (Lipinski definition) is 2. The minimum absolute atomic E-state index is 0.145. The van der Waals surface area contributed by atoms with Crippen LogP contribution in [-0.2, 0) is 24.9 Å². The van der Waals surface area contributed by atoms with Crippen molar-refractivity contribution in [3.05, 3.63) is 70.9 Å². The van der Waals surface area contributed by atoms with E-state index in [2.05, 4.69) is 10.4 Å². The molecule has 3 aromatic rings. The summed E-state index contributed by atoms with van der Waals surface area (Å²) in [5, 5.41) is 13.4. The molecule has 3 rings (SSSR count). The van der Waals surface area contributed by atoms with Gasteiger partial charge in [0.2, 0.25) is 11.8 Å². The van der Waals surface area contributed by atoms with Gasteiger partial charge in [0, 0.05) is 40.5 Å². The molecule has 0 aliphatic heterocycles. The number of anilines is 1. The molecule has 0 aliphatic rings. The standard InChI is InChI=1S/C19H19ClN4O2S/c1-24-9-8-19(23-24)26-12-14-6-7-15(11-17(14)27-21)22-18(25)10-13-4-2-3-5-16(13)20/h2-9,11H,10,12,21H2,1H3,(H,22,25). The molecule has 0 aliphatic carbocycles. The van der Waals surface area contributed by atoms with Crippen molar-refractivity contribution in [2.45, 2.75) is 17.9 Å². The van der Waals surface area contributed by atoms with Crippen molar-refractivity contribution < 1.29 is 9.53 Å². The number of nitrogens with one attached hydrogen (secondary N) is 1. The number of aryl methyl sites for hydroxylation is 1. The minimum atomic E-state index is -0.145. The fraction of sp³-hybridized carbons (Fsp3) is 0.158. The van der Waals surface area contributed by atoms with E-state index in [4.69, 9.17) is 21.5 Å². The summed E-state index contributed by atoms with van der Waals surface area (Å²) < 4.78 is 7.34. The van der Waals surface area contributed by atoms with Crippen LogP contribution in [0, 0.1) is 0 Å². The Labute approximate surface area is 166 Å². The van der Waals surface area contributed by atoms with E-state index in [0.29, 0.717) is 23.2 Å². The Morgan fingerprint density at radius 2 is 2.07 bits per heavy atom. The lowest BCUT2D eigenvalue weighted by atomic mass is 10.1. The van der Waals surface area contributed by atoms with Crippen LogP contribution in [0.25, 0.3) is 0 Å². The first-order valence-electron chi connectivity index (χ1n) is 8.20. The van der Waals surface area contributed by atoms with Gasteiger partial charge in [-0.1, -0.05) is 35.9 Å². The van der Waals surface area contributed by atoms with Crippen molar-refractivity contribution in [3.8, 4) is 5.88 Å². The predicted molar refractivity (Wildman–Crippen MR) is 108 cm³/mol. The number of ether oxygens (including phenoxy) is 1. The molecule has 8 heteroatoms. The highest BCUT2D eigenvalue weighted by molar-refractivity contribution is 7.97. The number of carbonyl (C=O) groups is 1. The Kier molecular flexibility index (Phi) is 6.39. The van der Waals surface area contributed by atoms with E-state index < -0.39 is 0 Å². The van der Waals surface area contributed by atoms with E-state index in [0.717, 1.165) is 28.0 Å². The number of aromatic nitrogens is 2. The Hall–Kier alpha value is -2.48. The van der Waals surface area contributed by atoms with Crippen molar-refractivity contribution >= 4 is 35.1 Å². The van der Waals surface area contributed by atoms with E-state index in [1.807, 2.05) is 49.6 Å². The molecule has 0 fully saturated rings. The highest BCUT2D eigenvalue weighted by Gasteiger charge is 2.10. The molecule has 140 valence electrons. The summed E-state index contributed by atoms with van der Waals surface area (Å²) in [6.45, 7) is 0.338. The maximum atomic E-state index is 12.3. The van der Waals surface area contributed by atoms with Crippen LogP contribution in [0.2, 0.25) is 5.02 Å². The zero-order valence-corrected chi connectivity index (χ0v) is 16.3. The number of benzene rings is 2. The minimum Gasteiger partial charge on any atom is -0.472 e. The van der Waals surface area contributed by atoms with Gasteiger partial charge in [-0.05, 0) is 35.7 Å². The molecule has 1 heterocycles. The average Bonchev–Trinajstić information content (AvgIpc) is 3.07. The van der Waals surface area contributed by atoms with Crippen LogP contribution in [0.4, 0.5) is 5.69 Å². The highest BCUT2D eigenvalue weighted by atomic mass is 35.5. The van der Waals surface area contributed by atoms with Crippen molar-refractivity contribution in [2.24, 2.45) is 12.2 Å². The van der Waals surface area contributed by atoms with E-state index in [-0.39, 0.29) is 12.3 Å². The fourth-order valence-electron chi connectivity index (χ4n) is 2.50.